The van der Waals surface area contributed by atoms with Gasteiger partial charge in [-0.1, -0.05) is 42.8 Å². The maximum atomic E-state index is 15.3. The summed E-state index contributed by atoms with van der Waals surface area (Å²) < 4.78 is 42.9. The molecule has 7 nitrogen and oxygen atoms in total. The van der Waals surface area contributed by atoms with Gasteiger partial charge in [0.15, 0.2) is 5.82 Å². The first-order chi connectivity index (χ1) is 17.9. The molecule has 3 aromatic carbocycles. The minimum absolute atomic E-state index is 0.0327. The second-order valence-corrected chi connectivity index (χ2v) is 11.1. The summed E-state index contributed by atoms with van der Waals surface area (Å²) in [6.07, 6.45) is 4.64. The van der Waals surface area contributed by atoms with Crippen LogP contribution in [-0.4, -0.2) is 37.5 Å². The third-order valence-corrected chi connectivity index (χ3v) is 8.22. The summed E-state index contributed by atoms with van der Waals surface area (Å²) >= 11 is 6.43. The number of hydrogen-bond acceptors (Lipinski definition) is 6. The van der Waals surface area contributed by atoms with Crippen molar-refractivity contribution in [2.75, 3.05) is 23.1 Å². The van der Waals surface area contributed by atoms with Crippen molar-refractivity contribution in [2.45, 2.75) is 37.1 Å². The maximum Gasteiger partial charge on any atom is 0.261 e. The van der Waals surface area contributed by atoms with Gasteiger partial charge in [0.1, 0.15) is 0 Å². The molecule has 0 unspecified atom stereocenters. The van der Waals surface area contributed by atoms with Gasteiger partial charge >= 0.3 is 0 Å². The van der Waals surface area contributed by atoms with Crippen molar-refractivity contribution in [3.05, 3.63) is 77.2 Å². The van der Waals surface area contributed by atoms with Crippen LogP contribution < -0.4 is 15.4 Å². The van der Waals surface area contributed by atoms with Gasteiger partial charge in [-0.25, -0.2) is 22.8 Å². The van der Waals surface area contributed by atoms with Gasteiger partial charge in [-0.15, -0.1) is 0 Å². The highest BCUT2D eigenvalue weighted by Gasteiger charge is 2.20. The Bertz CT molecular complexity index is 1540. The zero-order valence-electron chi connectivity index (χ0n) is 20.3. The number of piperidine rings is 1. The Balaban J connectivity index is 1.46. The second kappa shape index (κ2) is 10.6. The van der Waals surface area contributed by atoms with Crippen LogP contribution in [0.3, 0.4) is 0 Å². The fourth-order valence-corrected chi connectivity index (χ4v) is 5.88. The number of halogens is 2. The van der Waals surface area contributed by atoms with E-state index in [1.165, 1.54) is 18.2 Å². The molecule has 3 N–H and O–H groups in total. The lowest BCUT2D eigenvalue weighted by Gasteiger charge is -2.23. The average Bonchev–Trinajstić information content (AvgIpc) is 2.92. The van der Waals surface area contributed by atoms with Gasteiger partial charge < -0.3 is 10.6 Å². The third kappa shape index (κ3) is 5.39. The van der Waals surface area contributed by atoms with Gasteiger partial charge in [-0.3, -0.25) is 4.72 Å². The van der Waals surface area contributed by atoms with E-state index in [1.807, 2.05) is 19.1 Å². The molecule has 1 aromatic heterocycles. The Hall–Kier alpha value is -3.27. The van der Waals surface area contributed by atoms with Crippen LogP contribution in [-0.2, 0) is 16.4 Å². The van der Waals surface area contributed by atoms with Crippen molar-refractivity contribution in [2.24, 2.45) is 0 Å². The van der Waals surface area contributed by atoms with Crippen LogP contribution in [0.15, 0.2) is 65.7 Å². The van der Waals surface area contributed by atoms with E-state index in [0.717, 1.165) is 42.4 Å². The number of rotatable bonds is 7. The number of aryl methyl sites for hydroxylation is 1. The Kier molecular flexibility index (Phi) is 7.28. The van der Waals surface area contributed by atoms with Crippen LogP contribution >= 0.6 is 11.6 Å². The Morgan fingerprint density at radius 3 is 2.70 bits per heavy atom. The molecule has 0 amide bonds. The molecule has 0 spiro atoms. The smallest absolute Gasteiger partial charge is 0.261 e. The van der Waals surface area contributed by atoms with Crippen LogP contribution in [0.1, 0.15) is 25.3 Å². The minimum Gasteiger partial charge on any atom is -0.350 e. The zero-order chi connectivity index (χ0) is 26.0. The lowest BCUT2D eigenvalue weighted by atomic mass is 9.98. The number of nitrogens with one attached hydrogen (secondary N) is 3. The van der Waals surface area contributed by atoms with Gasteiger partial charge in [0.25, 0.3) is 10.0 Å². The zero-order valence-corrected chi connectivity index (χ0v) is 21.8. The number of fused-ring (bicyclic) bond motifs is 1. The molecule has 0 radical (unpaired) electrons. The Labute approximate surface area is 220 Å². The van der Waals surface area contributed by atoms with E-state index >= 15 is 4.39 Å². The average molecular weight is 540 g/mol. The summed E-state index contributed by atoms with van der Waals surface area (Å²) in [5, 5.41) is 7.43. The molecule has 1 fully saturated rings. The van der Waals surface area contributed by atoms with Crippen LogP contribution in [0.25, 0.3) is 22.0 Å². The summed E-state index contributed by atoms with van der Waals surface area (Å²) in [6, 6.07) is 14.9. The van der Waals surface area contributed by atoms with E-state index in [1.54, 1.807) is 30.5 Å². The van der Waals surface area contributed by atoms with Crippen LogP contribution in [0.4, 0.5) is 16.0 Å². The van der Waals surface area contributed by atoms with Gasteiger partial charge in [0.2, 0.25) is 5.95 Å². The second-order valence-electron chi connectivity index (χ2n) is 9.02. The molecule has 1 atom stereocenters. The maximum absolute atomic E-state index is 15.3. The van der Waals surface area contributed by atoms with Gasteiger partial charge in [-0.2, -0.15) is 0 Å². The first kappa shape index (κ1) is 25.4. The highest BCUT2D eigenvalue weighted by Crippen LogP contribution is 2.37. The summed E-state index contributed by atoms with van der Waals surface area (Å²) in [7, 11) is -3.96. The molecule has 5 rings (SSSR count). The molecule has 0 aliphatic carbocycles. The number of hydrogen-bond donors (Lipinski definition) is 3. The molecule has 1 aliphatic heterocycles. The number of sulfonamides is 1. The lowest BCUT2D eigenvalue weighted by Crippen LogP contribution is -2.38. The lowest BCUT2D eigenvalue weighted by molar-refractivity contribution is 0.478. The SMILES string of the molecule is CCc1cc(-c2ccc(NS(=O)(=O)c3ccccc3)c(F)c2Cl)cc2cnc(N[C@H]3CCCNC3)nc12. The summed E-state index contributed by atoms with van der Waals surface area (Å²) in [4.78, 5) is 9.30. The van der Waals surface area contributed by atoms with Crippen molar-refractivity contribution in [1.29, 1.82) is 0 Å². The fourth-order valence-electron chi connectivity index (χ4n) is 4.53. The van der Waals surface area contributed by atoms with E-state index in [0.29, 0.717) is 23.5 Å². The Morgan fingerprint density at radius 1 is 1.16 bits per heavy atom. The first-order valence-corrected chi connectivity index (χ1v) is 14.0. The molecule has 2 heterocycles. The molecule has 192 valence electrons. The van der Waals surface area contributed by atoms with Gasteiger partial charge in [0.05, 0.1) is 21.1 Å². The highest BCUT2D eigenvalue weighted by atomic mass is 35.5. The summed E-state index contributed by atoms with van der Waals surface area (Å²) in [6.45, 7) is 3.94. The number of nitrogens with zero attached hydrogens (tertiary/aromatic N) is 2. The standard InChI is InChI=1S/C27H27ClFN5O2S/c1-2-17-13-18(14-19-15-31-27(33-26(17)19)32-20-7-6-12-30-16-20)22-10-11-23(25(29)24(22)28)34-37(35,36)21-8-4-3-5-9-21/h3-5,8-11,13-15,20,30,34H,2,6-7,12,16H2,1H3,(H,31,32,33)/t20-/m0/s1. The summed E-state index contributed by atoms with van der Waals surface area (Å²) in [5.41, 5.74) is 2.74. The molecular weight excluding hydrogens is 513 g/mol. The highest BCUT2D eigenvalue weighted by molar-refractivity contribution is 7.92. The third-order valence-electron chi connectivity index (χ3n) is 6.46. The van der Waals surface area contributed by atoms with Crippen molar-refractivity contribution in [3.63, 3.8) is 0 Å². The monoisotopic (exact) mass is 539 g/mol. The number of aromatic nitrogens is 2. The molecule has 1 aliphatic rings. The van der Waals surface area contributed by atoms with Gasteiger partial charge in [-0.05, 0) is 67.3 Å². The normalized spacial score (nSPS) is 16.0. The van der Waals surface area contributed by atoms with Crippen LogP contribution in [0, 0.1) is 5.82 Å². The largest absolute Gasteiger partial charge is 0.350 e. The fraction of sp³-hybridized carbons (Fsp3) is 0.259. The van der Waals surface area contributed by atoms with E-state index in [2.05, 4.69) is 20.3 Å². The van der Waals surface area contributed by atoms with E-state index in [9.17, 15) is 8.42 Å². The predicted octanol–water partition coefficient (Wildman–Crippen LogP) is 5.62. The number of anilines is 2. The van der Waals surface area contributed by atoms with Crippen LogP contribution in [0.2, 0.25) is 5.02 Å². The van der Waals surface area contributed by atoms with Crippen molar-refractivity contribution in [1.82, 2.24) is 15.3 Å². The molecule has 0 bridgehead atoms. The summed E-state index contributed by atoms with van der Waals surface area (Å²) in [5.74, 6) is -0.253. The van der Waals surface area contributed by atoms with Crippen molar-refractivity contribution in [3.8, 4) is 11.1 Å². The molecule has 1 saturated heterocycles. The quantitative estimate of drug-likeness (QED) is 0.282. The van der Waals surface area contributed by atoms with Crippen molar-refractivity contribution < 1.29 is 12.8 Å². The molecular formula is C27H27ClFN5O2S. The van der Waals surface area contributed by atoms with E-state index in [-0.39, 0.29) is 21.6 Å². The predicted molar refractivity (Wildman–Crippen MR) is 146 cm³/mol. The first-order valence-electron chi connectivity index (χ1n) is 12.2. The van der Waals surface area contributed by atoms with E-state index in [4.69, 9.17) is 16.6 Å². The molecule has 37 heavy (non-hydrogen) atoms. The minimum atomic E-state index is -3.96. The number of benzene rings is 3. The van der Waals surface area contributed by atoms with Gasteiger partial charge in [0, 0.05) is 29.7 Å². The van der Waals surface area contributed by atoms with Crippen molar-refractivity contribution >= 4 is 44.2 Å². The molecule has 4 aromatic rings. The molecule has 0 saturated carbocycles. The Morgan fingerprint density at radius 2 is 1.97 bits per heavy atom. The van der Waals surface area contributed by atoms with Crippen LogP contribution in [0.5, 0.6) is 0 Å². The molecule has 10 heteroatoms. The van der Waals surface area contributed by atoms with E-state index < -0.39 is 15.8 Å². The topological polar surface area (TPSA) is 96.0 Å².